The fourth-order valence-electron chi connectivity index (χ4n) is 2.49. The number of carbonyl (C=O) groups excluding carboxylic acids is 1. The quantitative estimate of drug-likeness (QED) is 0.312. The van der Waals surface area contributed by atoms with Gasteiger partial charge in [0.15, 0.2) is 0 Å². The maximum absolute atomic E-state index is 12.2. The molecule has 8 heteroatoms. The molecule has 1 aromatic heterocycles. The highest BCUT2D eigenvalue weighted by molar-refractivity contribution is 6.30. The Kier molecular flexibility index (Phi) is 4.99. The molecule has 0 bridgehead atoms. The number of carbonyl (C=O) groups is 1. The number of nitrogens with one attached hydrogen (secondary N) is 1. The van der Waals surface area contributed by atoms with Crippen molar-refractivity contribution in [2.75, 3.05) is 12.4 Å². The van der Waals surface area contributed by atoms with Crippen LogP contribution in [0.15, 0.2) is 48.5 Å². The number of nitrogens with zero attached hydrogens (tertiary/aromatic N) is 2. The second-order valence-electron chi connectivity index (χ2n) is 5.45. The Labute approximate surface area is 153 Å². The van der Waals surface area contributed by atoms with E-state index in [2.05, 4.69) is 10.3 Å². The summed E-state index contributed by atoms with van der Waals surface area (Å²) in [6, 6.07) is 13.3. The van der Waals surface area contributed by atoms with Crippen LogP contribution >= 0.6 is 11.6 Å². The van der Waals surface area contributed by atoms with Gasteiger partial charge in [0.05, 0.1) is 16.0 Å². The molecule has 0 aliphatic rings. The zero-order chi connectivity index (χ0) is 18.7. The van der Waals surface area contributed by atoms with Crippen molar-refractivity contribution in [3.8, 4) is 0 Å². The van der Waals surface area contributed by atoms with Crippen molar-refractivity contribution < 1.29 is 14.5 Å². The molecule has 0 aliphatic carbocycles. The summed E-state index contributed by atoms with van der Waals surface area (Å²) in [4.78, 5) is 27.0. The van der Waals surface area contributed by atoms with E-state index in [4.69, 9.17) is 16.3 Å². The Bertz CT molecular complexity index is 1010. The van der Waals surface area contributed by atoms with Crippen molar-refractivity contribution in [1.29, 1.82) is 0 Å². The molecule has 1 N–H and O–H groups in total. The minimum absolute atomic E-state index is 0.0839. The second-order valence-corrected chi connectivity index (χ2v) is 5.80. The predicted molar refractivity (Wildman–Crippen MR) is 98.5 cm³/mol. The molecule has 7 nitrogen and oxygen atoms in total. The van der Waals surface area contributed by atoms with Crippen LogP contribution in [-0.4, -0.2) is 22.9 Å². The van der Waals surface area contributed by atoms with Crippen LogP contribution in [0.2, 0.25) is 5.15 Å². The minimum atomic E-state index is -0.681. The third kappa shape index (κ3) is 3.57. The van der Waals surface area contributed by atoms with Gasteiger partial charge in [-0.2, -0.15) is 0 Å². The fourth-order valence-corrected chi connectivity index (χ4v) is 2.69. The molecular weight excluding hydrogens is 358 g/mol. The van der Waals surface area contributed by atoms with Gasteiger partial charge in [-0.05, 0) is 24.3 Å². The second kappa shape index (κ2) is 7.37. The number of aromatic nitrogens is 1. The van der Waals surface area contributed by atoms with Crippen molar-refractivity contribution in [1.82, 2.24) is 4.98 Å². The lowest BCUT2D eigenvalue weighted by Gasteiger charge is -2.09. The zero-order valence-corrected chi connectivity index (χ0v) is 14.5. The first-order valence-electron chi connectivity index (χ1n) is 7.67. The zero-order valence-electron chi connectivity index (χ0n) is 13.7. The Balaban J connectivity index is 1.80. The summed E-state index contributed by atoms with van der Waals surface area (Å²) in [6.07, 6.45) is 0. The number of ether oxygens (including phenoxy) is 1. The summed E-state index contributed by atoms with van der Waals surface area (Å²) in [5.74, 6) is -0.681. The molecule has 0 radical (unpaired) electrons. The van der Waals surface area contributed by atoms with E-state index in [-0.39, 0.29) is 23.0 Å². The largest absolute Gasteiger partial charge is 0.457 e. The van der Waals surface area contributed by atoms with E-state index in [9.17, 15) is 14.9 Å². The number of hydrogen-bond acceptors (Lipinski definition) is 6. The molecule has 0 unspecified atom stereocenters. The normalized spacial score (nSPS) is 10.5. The van der Waals surface area contributed by atoms with Crippen LogP contribution in [0.1, 0.15) is 15.9 Å². The molecule has 0 saturated carbocycles. The van der Waals surface area contributed by atoms with Gasteiger partial charge >= 0.3 is 5.97 Å². The van der Waals surface area contributed by atoms with Crippen LogP contribution in [0.3, 0.4) is 0 Å². The highest BCUT2D eigenvalue weighted by Crippen LogP contribution is 2.26. The van der Waals surface area contributed by atoms with Gasteiger partial charge in [-0.1, -0.05) is 29.8 Å². The number of esters is 1. The van der Waals surface area contributed by atoms with Crippen LogP contribution in [0.4, 0.5) is 11.4 Å². The Morgan fingerprint density at radius 3 is 2.77 bits per heavy atom. The first-order chi connectivity index (χ1) is 12.5. The van der Waals surface area contributed by atoms with Crippen molar-refractivity contribution >= 4 is 39.8 Å². The first kappa shape index (κ1) is 17.6. The number of nitro benzene ring substituents is 1. The van der Waals surface area contributed by atoms with Crippen LogP contribution in [0.5, 0.6) is 0 Å². The first-order valence-corrected chi connectivity index (χ1v) is 8.05. The molecule has 0 amide bonds. The Hall–Kier alpha value is -3.19. The maximum atomic E-state index is 12.2. The van der Waals surface area contributed by atoms with E-state index < -0.39 is 10.9 Å². The maximum Gasteiger partial charge on any atom is 0.338 e. The Morgan fingerprint density at radius 1 is 1.27 bits per heavy atom. The standard InChI is InChI=1S/C18H14ClN3O4/c1-20-15-7-6-12(9-16(15)22(24)25)18(23)26-10-13-8-11-4-2-3-5-14(11)21-17(13)19/h2-9,20H,10H2,1H3. The number of nitro groups is 1. The highest BCUT2D eigenvalue weighted by atomic mass is 35.5. The van der Waals surface area contributed by atoms with Gasteiger partial charge in [-0.15, -0.1) is 0 Å². The summed E-state index contributed by atoms with van der Waals surface area (Å²) in [5.41, 5.74) is 1.49. The van der Waals surface area contributed by atoms with Crippen LogP contribution in [0.25, 0.3) is 10.9 Å². The van der Waals surface area contributed by atoms with E-state index in [1.165, 1.54) is 18.2 Å². The van der Waals surface area contributed by atoms with Gasteiger partial charge in [-0.3, -0.25) is 10.1 Å². The molecule has 0 saturated heterocycles. The summed E-state index contributed by atoms with van der Waals surface area (Å²) in [6.45, 7) is -0.0862. The number of pyridine rings is 1. The lowest BCUT2D eigenvalue weighted by atomic mass is 10.1. The van der Waals surface area contributed by atoms with E-state index >= 15 is 0 Å². The van der Waals surface area contributed by atoms with E-state index in [1.807, 2.05) is 24.3 Å². The third-order valence-electron chi connectivity index (χ3n) is 3.81. The molecule has 132 valence electrons. The number of halogens is 1. The summed E-state index contributed by atoms with van der Waals surface area (Å²) >= 11 is 6.14. The van der Waals surface area contributed by atoms with Gasteiger partial charge in [0.2, 0.25) is 0 Å². The monoisotopic (exact) mass is 371 g/mol. The molecule has 3 aromatic rings. The summed E-state index contributed by atoms with van der Waals surface area (Å²) in [7, 11) is 1.56. The molecule has 0 atom stereocenters. The number of hydrogen-bond donors (Lipinski definition) is 1. The van der Waals surface area contributed by atoms with E-state index in [1.54, 1.807) is 13.1 Å². The van der Waals surface area contributed by atoms with Gasteiger partial charge in [-0.25, -0.2) is 9.78 Å². The predicted octanol–water partition coefficient (Wildman–Crippen LogP) is 4.20. The van der Waals surface area contributed by atoms with Crippen LogP contribution < -0.4 is 5.32 Å². The van der Waals surface area contributed by atoms with Gasteiger partial charge < -0.3 is 10.1 Å². The molecular formula is C18H14ClN3O4. The summed E-state index contributed by atoms with van der Waals surface area (Å²) in [5, 5.41) is 14.9. The number of rotatable bonds is 5. The molecule has 3 rings (SSSR count). The van der Waals surface area contributed by atoms with E-state index in [0.717, 1.165) is 10.9 Å². The Morgan fingerprint density at radius 2 is 2.04 bits per heavy atom. The van der Waals surface area contributed by atoms with Crippen molar-refractivity contribution in [2.45, 2.75) is 6.61 Å². The van der Waals surface area contributed by atoms with Crippen LogP contribution in [0, 0.1) is 10.1 Å². The number of anilines is 1. The van der Waals surface area contributed by atoms with Crippen molar-refractivity contribution in [2.24, 2.45) is 0 Å². The average molecular weight is 372 g/mol. The molecule has 26 heavy (non-hydrogen) atoms. The topological polar surface area (TPSA) is 94.4 Å². The third-order valence-corrected chi connectivity index (χ3v) is 4.14. The van der Waals surface area contributed by atoms with Crippen molar-refractivity contribution in [3.63, 3.8) is 0 Å². The average Bonchev–Trinajstić information content (AvgIpc) is 2.65. The minimum Gasteiger partial charge on any atom is -0.457 e. The van der Waals surface area contributed by atoms with Gasteiger partial charge in [0.25, 0.3) is 5.69 Å². The molecule has 2 aromatic carbocycles. The van der Waals surface area contributed by atoms with Gasteiger partial charge in [0.1, 0.15) is 17.4 Å². The van der Waals surface area contributed by atoms with E-state index in [0.29, 0.717) is 11.3 Å². The number of para-hydroxylation sites is 1. The summed E-state index contributed by atoms with van der Waals surface area (Å²) < 4.78 is 5.25. The molecule has 0 fully saturated rings. The molecule has 0 spiro atoms. The lowest BCUT2D eigenvalue weighted by Crippen LogP contribution is -2.07. The number of benzene rings is 2. The van der Waals surface area contributed by atoms with Gasteiger partial charge in [0, 0.05) is 24.1 Å². The highest BCUT2D eigenvalue weighted by Gasteiger charge is 2.18. The molecule has 0 aliphatic heterocycles. The number of fused-ring (bicyclic) bond motifs is 1. The fraction of sp³-hybridized carbons (Fsp3) is 0.111. The SMILES string of the molecule is CNc1ccc(C(=O)OCc2cc3ccccc3nc2Cl)cc1[N+](=O)[O-]. The molecule has 1 heterocycles. The van der Waals surface area contributed by atoms with Crippen LogP contribution in [-0.2, 0) is 11.3 Å². The van der Waals surface area contributed by atoms with Crippen molar-refractivity contribution in [3.05, 3.63) is 74.9 Å². The lowest BCUT2D eigenvalue weighted by molar-refractivity contribution is -0.384. The smallest absolute Gasteiger partial charge is 0.338 e.